The zero-order valence-electron chi connectivity index (χ0n) is 19.4. The van der Waals surface area contributed by atoms with Crippen LogP contribution in [0.2, 0.25) is 0 Å². The second-order valence-electron chi connectivity index (χ2n) is 8.74. The number of rotatable bonds is 19. The molecule has 0 saturated heterocycles. The van der Waals surface area contributed by atoms with Crippen molar-refractivity contribution in [1.82, 2.24) is 0 Å². The lowest BCUT2D eigenvalue weighted by Crippen LogP contribution is -2.42. The predicted octanol–water partition coefficient (Wildman–Crippen LogP) is 9.11. The molecule has 0 fully saturated rings. The molecule has 0 heterocycles. The van der Waals surface area contributed by atoms with Crippen LogP contribution in [0.1, 0.15) is 131 Å². The van der Waals surface area contributed by atoms with E-state index in [4.69, 9.17) is 4.52 Å². The van der Waals surface area contributed by atoms with E-state index in [1.54, 1.807) is 0 Å². The first kappa shape index (κ1) is 27.1. The molecule has 2 nitrogen and oxygen atoms in total. The van der Waals surface area contributed by atoms with E-state index in [9.17, 15) is 4.57 Å². The molecule has 0 aromatic heterocycles. The number of hydrogen-bond donors (Lipinski definition) is 0. The van der Waals surface area contributed by atoms with E-state index < -0.39 is 8.69 Å². The summed E-state index contributed by atoms with van der Waals surface area (Å²) < 4.78 is 18.1. The average molecular weight is 402 g/mol. The Morgan fingerprint density at radius 2 is 1.15 bits per heavy atom. The van der Waals surface area contributed by atoms with Crippen LogP contribution in [0.4, 0.5) is 0 Å². The molecular weight excluding hydrogens is 351 g/mol. The molecule has 0 aliphatic carbocycles. The average Bonchev–Trinajstić information content (AvgIpc) is 2.68. The standard InChI is InChI=1S/C24H50O2P/c1-7-13-16-21(10-4)19-24(26-27-25,23(12-6)18-15-9-3)20-22(11-5)17-14-8-2/h21-23,27H,7-20H2,1-6H3/q+1. The monoisotopic (exact) mass is 401 g/mol. The Morgan fingerprint density at radius 1 is 0.704 bits per heavy atom. The molecule has 0 aliphatic heterocycles. The molecule has 0 radical (unpaired) electrons. The summed E-state index contributed by atoms with van der Waals surface area (Å²) in [5.41, 5.74) is -0.188. The molecule has 0 saturated carbocycles. The third-order valence-corrected chi connectivity index (χ3v) is 7.23. The van der Waals surface area contributed by atoms with Crippen LogP contribution in [0, 0.1) is 17.8 Å². The van der Waals surface area contributed by atoms with Crippen LogP contribution >= 0.6 is 8.69 Å². The van der Waals surface area contributed by atoms with Crippen molar-refractivity contribution in [3.63, 3.8) is 0 Å². The first-order valence-corrected chi connectivity index (χ1v) is 12.9. The molecule has 0 rings (SSSR count). The van der Waals surface area contributed by atoms with Gasteiger partial charge in [0.25, 0.3) is 0 Å². The van der Waals surface area contributed by atoms with Gasteiger partial charge < -0.3 is 0 Å². The highest BCUT2D eigenvalue weighted by atomic mass is 31.1. The summed E-state index contributed by atoms with van der Waals surface area (Å²) in [5.74, 6) is 1.92. The first-order chi connectivity index (χ1) is 13.1. The molecule has 0 aliphatic rings. The van der Waals surface area contributed by atoms with Crippen molar-refractivity contribution < 1.29 is 9.09 Å². The highest BCUT2D eigenvalue weighted by molar-refractivity contribution is 7.17. The number of unbranched alkanes of at least 4 members (excludes halogenated alkanes) is 3. The van der Waals surface area contributed by atoms with E-state index in [1.807, 2.05) is 0 Å². The molecule has 4 unspecified atom stereocenters. The highest BCUT2D eigenvalue weighted by Gasteiger charge is 2.45. The minimum Gasteiger partial charge on any atom is -0.141 e. The first-order valence-electron chi connectivity index (χ1n) is 12.1. The topological polar surface area (TPSA) is 26.3 Å². The van der Waals surface area contributed by atoms with Crippen LogP contribution in [-0.2, 0) is 9.09 Å². The third kappa shape index (κ3) is 10.4. The van der Waals surface area contributed by atoms with Crippen LogP contribution in [0.3, 0.4) is 0 Å². The molecule has 0 bridgehead atoms. The largest absolute Gasteiger partial charge is 0.494 e. The van der Waals surface area contributed by atoms with Gasteiger partial charge in [-0.05, 0) is 41.6 Å². The second-order valence-corrected chi connectivity index (χ2v) is 9.11. The van der Waals surface area contributed by atoms with E-state index in [1.165, 1.54) is 70.6 Å². The van der Waals surface area contributed by atoms with Gasteiger partial charge in [0, 0.05) is 0 Å². The van der Waals surface area contributed by atoms with E-state index in [-0.39, 0.29) is 5.60 Å². The zero-order chi connectivity index (χ0) is 20.5. The minimum atomic E-state index is -0.633. The molecule has 4 atom stereocenters. The lowest BCUT2D eigenvalue weighted by atomic mass is 9.70. The smallest absolute Gasteiger partial charge is 0.141 e. The molecule has 0 aromatic rings. The van der Waals surface area contributed by atoms with Gasteiger partial charge in [0.05, 0.1) is 0 Å². The Hall–Kier alpha value is 0.0600. The fourth-order valence-electron chi connectivity index (χ4n) is 4.82. The van der Waals surface area contributed by atoms with Crippen molar-refractivity contribution in [3.8, 4) is 0 Å². The van der Waals surface area contributed by atoms with Gasteiger partial charge in [-0.25, -0.2) is 0 Å². The molecule has 3 heteroatoms. The van der Waals surface area contributed by atoms with Gasteiger partial charge in [-0.2, -0.15) is 0 Å². The Morgan fingerprint density at radius 3 is 1.48 bits per heavy atom. The Labute approximate surface area is 172 Å². The number of hydrogen-bond acceptors (Lipinski definition) is 2. The molecular formula is C24H50O2P+. The molecule has 0 aromatic carbocycles. The fourth-order valence-corrected chi connectivity index (χ4v) is 5.32. The Kier molecular flexibility index (Phi) is 17.0. The summed E-state index contributed by atoms with van der Waals surface area (Å²) in [6.07, 6.45) is 17.1. The van der Waals surface area contributed by atoms with E-state index in [0.29, 0.717) is 17.8 Å². The van der Waals surface area contributed by atoms with Crippen LogP contribution in [0.25, 0.3) is 0 Å². The highest BCUT2D eigenvalue weighted by Crippen LogP contribution is 2.45. The minimum absolute atomic E-state index is 0.188. The van der Waals surface area contributed by atoms with Crippen LogP contribution in [0.5, 0.6) is 0 Å². The summed E-state index contributed by atoms with van der Waals surface area (Å²) in [6, 6.07) is 0. The van der Waals surface area contributed by atoms with Gasteiger partial charge in [-0.15, -0.1) is 4.52 Å². The summed E-state index contributed by atoms with van der Waals surface area (Å²) in [6.45, 7) is 13.8. The summed E-state index contributed by atoms with van der Waals surface area (Å²) >= 11 is 0. The maximum atomic E-state index is 11.8. The summed E-state index contributed by atoms with van der Waals surface area (Å²) in [5, 5.41) is 0. The third-order valence-electron chi connectivity index (χ3n) is 6.74. The van der Waals surface area contributed by atoms with Crippen LogP contribution < -0.4 is 0 Å². The van der Waals surface area contributed by atoms with Crippen molar-refractivity contribution in [3.05, 3.63) is 0 Å². The lowest BCUT2D eigenvalue weighted by molar-refractivity contribution is -0.0336. The zero-order valence-corrected chi connectivity index (χ0v) is 20.4. The SMILES string of the molecule is CCCCC(CC)CC(CC(CC)CCCC)(O[PH+]=O)C(CC)CCCC. The van der Waals surface area contributed by atoms with E-state index in [0.717, 1.165) is 19.3 Å². The van der Waals surface area contributed by atoms with Crippen molar-refractivity contribution in [1.29, 1.82) is 0 Å². The van der Waals surface area contributed by atoms with E-state index in [2.05, 4.69) is 41.5 Å². The van der Waals surface area contributed by atoms with Crippen molar-refractivity contribution >= 4 is 8.69 Å². The normalized spacial score (nSPS) is 17.6. The molecule has 0 spiro atoms. The van der Waals surface area contributed by atoms with Crippen molar-refractivity contribution in [2.75, 3.05) is 0 Å². The van der Waals surface area contributed by atoms with Crippen molar-refractivity contribution in [2.45, 2.75) is 137 Å². The molecule has 0 amide bonds. The quantitative estimate of drug-likeness (QED) is 0.202. The predicted molar refractivity (Wildman–Crippen MR) is 122 cm³/mol. The van der Waals surface area contributed by atoms with Gasteiger partial charge >= 0.3 is 8.69 Å². The van der Waals surface area contributed by atoms with Crippen LogP contribution in [0.15, 0.2) is 0 Å². The molecule has 162 valence electrons. The van der Waals surface area contributed by atoms with Crippen molar-refractivity contribution in [2.24, 2.45) is 17.8 Å². The van der Waals surface area contributed by atoms with Gasteiger partial charge in [0.2, 0.25) is 0 Å². The fraction of sp³-hybridized carbons (Fsp3) is 1.00. The van der Waals surface area contributed by atoms with Gasteiger partial charge in [-0.1, -0.05) is 112 Å². The Balaban J connectivity index is 5.65. The summed E-state index contributed by atoms with van der Waals surface area (Å²) in [7, 11) is -0.633. The van der Waals surface area contributed by atoms with E-state index >= 15 is 0 Å². The Bertz CT molecular complexity index is 327. The van der Waals surface area contributed by atoms with Crippen LogP contribution in [-0.4, -0.2) is 5.60 Å². The molecule has 27 heavy (non-hydrogen) atoms. The second kappa shape index (κ2) is 17.0. The van der Waals surface area contributed by atoms with Gasteiger partial charge in [-0.3, -0.25) is 0 Å². The maximum absolute atomic E-state index is 11.8. The van der Waals surface area contributed by atoms with Gasteiger partial charge in [0.1, 0.15) is 5.60 Å². The molecule has 0 N–H and O–H groups in total. The van der Waals surface area contributed by atoms with Gasteiger partial charge in [0.15, 0.2) is 0 Å². The summed E-state index contributed by atoms with van der Waals surface area (Å²) in [4.78, 5) is 0. The lowest BCUT2D eigenvalue weighted by Gasteiger charge is -2.40. The maximum Gasteiger partial charge on any atom is 0.494 e.